The van der Waals surface area contributed by atoms with E-state index in [0.29, 0.717) is 6.04 Å². The maximum absolute atomic E-state index is 5.02. The van der Waals surface area contributed by atoms with Gasteiger partial charge >= 0.3 is 0 Å². The predicted octanol–water partition coefficient (Wildman–Crippen LogP) is 3.93. The van der Waals surface area contributed by atoms with Gasteiger partial charge in [0.1, 0.15) is 0 Å². The molecule has 1 N–H and O–H groups in total. The Balaban J connectivity index is 2.31. The number of rotatable bonds is 3. The Morgan fingerprint density at radius 3 is 2.70 bits per heavy atom. The average molecular weight is 295 g/mol. The fourth-order valence-corrected chi connectivity index (χ4v) is 4.30. The van der Waals surface area contributed by atoms with Crippen LogP contribution in [0.25, 0.3) is 0 Å². The summed E-state index contributed by atoms with van der Waals surface area (Å²) in [7, 11) is 2.01. The number of nitrogens with zero attached hydrogens (tertiary/aromatic N) is 2. The van der Waals surface area contributed by atoms with Crippen molar-refractivity contribution in [2.45, 2.75) is 71.4 Å². The number of anilines is 1. The molecule has 0 aliphatic carbocycles. The summed E-state index contributed by atoms with van der Waals surface area (Å²) in [4.78, 5) is 8.95. The molecule has 0 bridgehead atoms. The number of aromatic nitrogens is 1. The molecular formula is C16H29N3S. The van der Waals surface area contributed by atoms with Crippen LogP contribution in [0.5, 0.6) is 0 Å². The maximum atomic E-state index is 5.02. The van der Waals surface area contributed by atoms with Crippen LogP contribution >= 0.6 is 11.3 Å². The van der Waals surface area contributed by atoms with Crippen LogP contribution in [0.3, 0.4) is 0 Å². The highest BCUT2D eigenvalue weighted by atomic mass is 32.1. The molecule has 1 aliphatic heterocycles. The Bertz CT molecular complexity index is 433. The molecule has 0 spiro atoms. The largest absolute Gasteiger partial charge is 0.345 e. The second-order valence-electron chi connectivity index (χ2n) is 6.94. The summed E-state index contributed by atoms with van der Waals surface area (Å²) in [6.45, 7) is 11.2. The molecule has 1 aliphatic rings. The van der Waals surface area contributed by atoms with Crippen LogP contribution in [0, 0.1) is 0 Å². The van der Waals surface area contributed by atoms with Gasteiger partial charge in [-0.05, 0) is 26.8 Å². The van der Waals surface area contributed by atoms with Crippen LogP contribution in [0.2, 0.25) is 0 Å². The van der Waals surface area contributed by atoms with Crippen LogP contribution in [0.4, 0.5) is 5.13 Å². The lowest BCUT2D eigenvalue weighted by Gasteiger charge is -2.26. The van der Waals surface area contributed by atoms with Crippen molar-refractivity contribution in [3.8, 4) is 0 Å². The van der Waals surface area contributed by atoms with Crippen molar-refractivity contribution in [3.05, 3.63) is 10.6 Å². The summed E-state index contributed by atoms with van der Waals surface area (Å²) in [5.74, 6) is 0. The van der Waals surface area contributed by atoms with E-state index in [0.717, 1.165) is 13.1 Å². The molecule has 1 aromatic rings. The van der Waals surface area contributed by atoms with Gasteiger partial charge in [-0.1, -0.05) is 33.6 Å². The van der Waals surface area contributed by atoms with Crippen LogP contribution in [-0.4, -0.2) is 24.6 Å². The monoisotopic (exact) mass is 295 g/mol. The zero-order valence-electron chi connectivity index (χ0n) is 13.6. The van der Waals surface area contributed by atoms with E-state index in [4.69, 9.17) is 4.98 Å². The minimum Gasteiger partial charge on any atom is -0.345 e. The molecule has 0 aromatic carbocycles. The van der Waals surface area contributed by atoms with Gasteiger partial charge in [-0.3, -0.25) is 0 Å². The minimum absolute atomic E-state index is 0.121. The maximum Gasteiger partial charge on any atom is 0.186 e. The average Bonchev–Trinajstić information content (AvgIpc) is 2.66. The minimum atomic E-state index is 0.121. The highest BCUT2D eigenvalue weighted by Crippen LogP contribution is 2.35. The van der Waals surface area contributed by atoms with Crippen LogP contribution in [0.15, 0.2) is 0 Å². The summed E-state index contributed by atoms with van der Waals surface area (Å²) in [6, 6.07) is 0.624. The molecule has 1 atom stereocenters. The van der Waals surface area contributed by atoms with E-state index in [9.17, 15) is 0 Å². The number of hydrogen-bond donors (Lipinski definition) is 1. The van der Waals surface area contributed by atoms with Crippen molar-refractivity contribution in [2.75, 3.05) is 18.5 Å². The molecule has 0 amide bonds. The third-order valence-electron chi connectivity index (χ3n) is 4.03. The molecule has 3 nitrogen and oxygen atoms in total. The molecule has 114 valence electrons. The van der Waals surface area contributed by atoms with E-state index in [-0.39, 0.29) is 5.41 Å². The van der Waals surface area contributed by atoms with Crippen molar-refractivity contribution >= 4 is 16.5 Å². The van der Waals surface area contributed by atoms with Gasteiger partial charge < -0.3 is 10.2 Å². The Morgan fingerprint density at radius 1 is 1.30 bits per heavy atom. The summed E-state index contributed by atoms with van der Waals surface area (Å²) in [5.41, 5.74) is 1.39. The normalized spacial score (nSPS) is 21.1. The van der Waals surface area contributed by atoms with E-state index < -0.39 is 0 Å². The van der Waals surface area contributed by atoms with Crippen LogP contribution in [0.1, 0.15) is 63.9 Å². The number of nitrogens with one attached hydrogen (secondary N) is 1. The summed E-state index contributed by atoms with van der Waals surface area (Å²) in [5, 5.41) is 4.52. The van der Waals surface area contributed by atoms with Gasteiger partial charge in [0.25, 0.3) is 0 Å². The van der Waals surface area contributed by atoms with Gasteiger partial charge in [0, 0.05) is 29.4 Å². The molecule has 20 heavy (non-hydrogen) atoms. The van der Waals surface area contributed by atoms with Crippen LogP contribution in [-0.2, 0) is 12.0 Å². The molecule has 2 heterocycles. The second kappa shape index (κ2) is 6.44. The Hall–Kier alpha value is -0.610. The molecule has 2 rings (SSSR count). The van der Waals surface area contributed by atoms with Crippen molar-refractivity contribution in [2.24, 2.45) is 0 Å². The van der Waals surface area contributed by atoms with E-state index in [1.54, 1.807) is 0 Å². The zero-order chi connectivity index (χ0) is 14.8. The topological polar surface area (TPSA) is 28.2 Å². The Morgan fingerprint density at radius 2 is 2.05 bits per heavy atom. The van der Waals surface area contributed by atoms with Gasteiger partial charge in [-0.15, -0.1) is 11.3 Å². The van der Waals surface area contributed by atoms with Gasteiger partial charge in [0.05, 0.1) is 5.69 Å². The molecule has 1 unspecified atom stereocenters. The third-order valence-corrected chi connectivity index (χ3v) is 5.12. The van der Waals surface area contributed by atoms with Gasteiger partial charge in [0.2, 0.25) is 0 Å². The van der Waals surface area contributed by atoms with Crippen molar-refractivity contribution < 1.29 is 0 Å². The van der Waals surface area contributed by atoms with Crippen molar-refractivity contribution in [1.82, 2.24) is 10.3 Å². The van der Waals surface area contributed by atoms with Crippen molar-refractivity contribution in [3.63, 3.8) is 0 Å². The Labute approximate surface area is 127 Å². The predicted molar refractivity (Wildman–Crippen MR) is 88.9 cm³/mol. The molecular weight excluding hydrogens is 266 g/mol. The first-order valence-electron chi connectivity index (χ1n) is 7.85. The molecule has 0 saturated carbocycles. The first-order chi connectivity index (χ1) is 9.43. The molecule has 4 heteroatoms. The number of hydrogen-bond acceptors (Lipinski definition) is 4. The molecule has 0 radical (unpaired) electrons. The quantitative estimate of drug-likeness (QED) is 0.916. The highest BCUT2D eigenvalue weighted by molar-refractivity contribution is 7.15. The van der Waals surface area contributed by atoms with E-state index in [1.807, 2.05) is 18.4 Å². The van der Waals surface area contributed by atoms with Crippen molar-refractivity contribution in [1.29, 1.82) is 0 Å². The fourth-order valence-electron chi connectivity index (χ4n) is 2.89. The number of thiazole rings is 1. The molecule has 1 aromatic heterocycles. The van der Waals surface area contributed by atoms with Gasteiger partial charge in [0.15, 0.2) is 5.13 Å². The SMILES string of the molecule is CNCc1sc(N2CCCCCC2C)nc1C(C)(C)C. The lowest BCUT2D eigenvalue weighted by Crippen LogP contribution is -2.32. The lowest BCUT2D eigenvalue weighted by molar-refractivity contribution is 0.559. The molecule has 1 saturated heterocycles. The third kappa shape index (κ3) is 3.53. The zero-order valence-corrected chi connectivity index (χ0v) is 14.4. The Kier molecular flexibility index (Phi) is 5.08. The van der Waals surface area contributed by atoms with Crippen LogP contribution < -0.4 is 10.2 Å². The van der Waals surface area contributed by atoms with E-state index in [1.165, 1.54) is 41.4 Å². The van der Waals surface area contributed by atoms with Gasteiger partial charge in [-0.25, -0.2) is 4.98 Å². The fraction of sp³-hybridized carbons (Fsp3) is 0.812. The summed E-state index contributed by atoms with van der Waals surface area (Å²) in [6.07, 6.45) is 5.32. The smallest absolute Gasteiger partial charge is 0.186 e. The second-order valence-corrected chi connectivity index (χ2v) is 8.00. The molecule has 1 fully saturated rings. The first-order valence-corrected chi connectivity index (χ1v) is 8.66. The highest BCUT2D eigenvalue weighted by Gasteiger charge is 2.26. The summed E-state index contributed by atoms with van der Waals surface area (Å²) >= 11 is 1.88. The summed E-state index contributed by atoms with van der Waals surface area (Å²) < 4.78 is 0. The van der Waals surface area contributed by atoms with Gasteiger partial charge in [-0.2, -0.15) is 0 Å². The van der Waals surface area contributed by atoms with E-state index >= 15 is 0 Å². The van der Waals surface area contributed by atoms with E-state index in [2.05, 4.69) is 37.9 Å². The first kappa shape index (κ1) is 15.8. The standard InChI is InChI=1S/C16H29N3S/c1-12-9-7-6-8-10-19(12)15-18-14(16(2,3)4)13(20-15)11-17-5/h12,17H,6-11H2,1-5H3. The lowest BCUT2D eigenvalue weighted by atomic mass is 9.91.